The van der Waals surface area contributed by atoms with Crippen LogP contribution in [0.5, 0.6) is 23.0 Å². The monoisotopic (exact) mass is 689 g/mol. The zero-order valence-corrected chi connectivity index (χ0v) is 29.6. The number of phenols is 4. The van der Waals surface area contributed by atoms with E-state index in [2.05, 4.69) is 66.0 Å². The van der Waals surface area contributed by atoms with Gasteiger partial charge in [-0.25, -0.2) is 0 Å². The predicted octanol–water partition coefficient (Wildman–Crippen LogP) is 10.4. The van der Waals surface area contributed by atoms with Crippen LogP contribution < -0.4 is 5.32 Å². The van der Waals surface area contributed by atoms with E-state index >= 15 is 0 Å². The molecular weight excluding hydrogens is 647 g/mol. The minimum absolute atomic E-state index is 0.0208. The third-order valence-corrected chi connectivity index (χ3v) is 9.98. The first-order chi connectivity index (χ1) is 25.2. The predicted molar refractivity (Wildman–Crippen MR) is 212 cm³/mol. The number of para-hydroxylation sites is 1. The van der Waals surface area contributed by atoms with Gasteiger partial charge in [-0.3, -0.25) is 0 Å². The summed E-state index contributed by atoms with van der Waals surface area (Å²) in [6.45, 7) is 9.87. The molecule has 1 atom stereocenters. The van der Waals surface area contributed by atoms with Crippen molar-refractivity contribution in [1.29, 1.82) is 0 Å². The van der Waals surface area contributed by atoms with Crippen molar-refractivity contribution in [2.45, 2.75) is 46.2 Å². The van der Waals surface area contributed by atoms with Gasteiger partial charge < -0.3 is 34.9 Å². The van der Waals surface area contributed by atoms with Gasteiger partial charge in [0.15, 0.2) is 17.2 Å². The number of aromatic hydroxyl groups is 4. The van der Waals surface area contributed by atoms with Gasteiger partial charge in [0.1, 0.15) is 5.69 Å². The van der Waals surface area contributed by atoms with Crippen molar-refractivity contribution in [1.82, 2.24) is 14.5 Å². The van der Waals surface area contributed by atoms with Gasteiger partial charge in [-0.15, -0.1) is 0 Å². The standard InChI is InChI=1S/C45H43N3O4/c1-5-15-30(16-6-2)39(31-17-9-7-10-18-31)46-27-36-42(49)41(44(51)45(52)43(36)50)48-37-22-14-13-21-34(37)29(4)40(48)35-26-32-23-24-47(38(32)25-28(35)3)33-19-11-8-12-20-33/h5-7,9-11,13-26,39,46,49-52H,1,8,12,27H2,2-4H3/b16-6-,30-15+. The number of nitrogens with one attached hydrogen (secondary N) is 1. The maximum absolute atomic E-state index is 12.1. The van der Waals surface area contributed by atoms with Crippen LogP contribution in [0.3, 0.4) is 0 Å². The Labute approximate surface area is 303 Å². The second-order valence-corrected chi connectivity index (χ2v) is 13.2. The largest absolute Gasteiger partial charge is 0.505 e. The van der Waals surface area contributed by atoms with Crippen molar-refractivity contribution in [3.63, 3.8) is 0 Å². The average molecular weight is 690 g/mol. The van der Waals surface area contributed by atoms with Gasteiger partial charge in [-0.2, -0.15) is 0 Å². The number of benzene rings is 4. The summed E-state index contributed by atoms with van der Waals surface area (Å²) in [5.74, 6) is -2.29. The minimum atomic E-state index is -0.712. The van der Waals surface area contributed by atoms with E-state index in [-0.39, 0.29) is 29.6 Å². The van der Waals surface area contributed by atoms with Crippen molar-refractivity contribution in [3.8, 4) is 39.9 Å². The number of rotatable bonds is 10. The zero-order chi connectivity index (χ0) is 36.5. The Hall–Kier alpha value is -6.18. The third-order valence-electron chi connectivity index (χ3n) is 9.98. The summed E-state index contributed by atoms with van der Waals surface area (Å²) < 4.78 is 4.00. The number of hydrogen-bond donors (Lipinski definition) is 5. The lowest BCUT2D eigenvalue weighted by atomic mass is 9.97. The number of aryl methyl sites for hydroxylation is 2. The topological polar surface area (TPSA) is 103 Å². The SMILES string of the molecule is C=C/C=C(\C=C/C)C(NCc1c(O)c(O)c(O)c(-n2c(-c3cc4ccn(C5=CCCC=C5)c4cc3C)c(C)c3ccccc32)c1O)c1ccccc1. The molecule has 6 aromatic rings. The second kappa shape index (κ2) is 14.2. The van der Waals surface area contributed by atoms with Gasteiger partial charge in [-0.05, 0) is 86.2 Å². The highest BCUT2D eigenvalue weighted by Gasteiger charge is 2.30. The molecule has 0 aliphatic heterocycles. The van der Waals surface area contributed by atoms with E-state index in [1.807, 2.05) is 86.7 Å². The summed E-state index contributed by atoms with van der Waals surface area (Å²) in [6.07, 6.45) is 18.3. The van der Waals surface area contributed by atoms with Crippen LogP contribution in [0.1, 0.15) is 48.1 Å². The molecule has 1 aliphatic rings. The Kier molecular flexibility index (Phi) is 9.37. The molecule has 7 rings (SSSR count). The zero-order valence-electron chi connectivity index (χ0n) is 29.6. The molecule has 0 amide bonds. The van der Waals surface area contributed by atoms with Crippen LogP contribution in [0.2, 0.25) is 0 Å². The molecule has 1 aliphatic carbocycles. The highest BCUT2D eigenvalue weighted by Crippen LogP contribution is 2.52. The van der Waals surface area contributed by atoms with Gasteiger partial charge in [0, 0.05) is 34.8 Å². The van der Waals surface area contributed by atoms with Crippen LogP contribution in [0, 0.1) is 13.8 Å². The third kappa shape index (κ3) is 5.89. The molecule has 0 saturated carbocycles. The lowest BCUT2D eigenvalue weighted by Crippen LogP contribution is -2.22. The van der Waals surface area contributed by atoms with Gasteiger partial charge in [0.25, 0.3) is 0 Å². The highest BCUT2D eigenvalue weighted by molar-refractivity contribution is 5.98. The molecule has 2 heterocycles. The molecule has 4 aromatic carbocycles. The van der Waals surface area contributed by atoms with Crippen LogP contribution in [-0.2, 0) is 6.54 Å². The van der Waals surface area contributed by atoms with Gasteiger partial charge in [-0.1, -0.05) is 91.6 Å². The Morgan fingerprint density at radius 3 is 2.38 bits per heavy atom. The molecule has 0 spiro atoms. The summed E-state index contributed by atoms with van der Waals surface area (Å²) >= 11 is 0. The fraction of sp³-hybridized carbons (Fsp3) is 0.156. The highest BCUT2D eigenvalue weighted by atomic mass is 16.3. The van der Waals surface area contributed by atoms with Crippen LogP contribution in [0.25, 0.3) is 44.4 Å². The van der Waals surface area contributed by atoms with Crippen LogP contribution in [0.15, 0.2) is 134 Å². The summed E-state index contributed by atoms with van der Waals surface area (Å²) in [4.78, 5) is 0. The van der Waals surface area contributed by atoms with Gasteiger partial charge >= 0.3 is 0 Å². The number of phenolic OH excluding ortho intramolecular Hbond substituents is 4. The Morgan fingerprint density at radius 1 is 0.885 bits per heavy atom. The molecule has 7 heteroatoms. The van der Waals surface area contributed by atoms with E-state index in [1.165, 1.54) is 0 Å². The first-order valence-electron chi connectivity index (χ1n) is 17.6. The van der Waals surface area contributed by atoms with Crippen LogP contribution in [0.4, 0.5) is 0 Å². The van der Waals surface area contributed by atoms with Crippen molar-refractivity contribution >= 4 is 27.5 Å². The number of aromatic nitrogens is 2. The molecule has 2 aromatic heterocycles. The molecule has 0 bridgehead atoms. The number of fused-ring (bicyclic) bond motifs is 2. The van der Waals surface area contributed by atoms with E-state index in [9.17, 15) is 20.4 Å². The fourth-order valence-corrected chi connectivity index (χ4v) is 7.47. The molecule has 52 heavy (non-hydrogen) atoms. The molecular formula is C45H43N3O4. The number of nitrogens with zero attached hydrogens (tertiary/aromatic N) is 2. The Bertz CT molecular complexity index is 2460. The van der Waals surface area contributed by atoms with E-state index < -0.39 is 17.2 Å². The van der Waals surface area contributed by atoms with Crippen molar-refractivity contribution in [2.24, 2.45) is 0 Å². The number of allylic oxidation sites excluding steroid dienone is 7. The quantitative estimate of drug-likeness (QED) is 0.0560. The van der Waals surface area contributed by atoms with E-state index in [0.29, 0.717) is 0 Å². The first kappa shape index (κ1) is 34.3. The van der Waals surface area contributed by atoms with Crippen molar-refractivity contribution in [2.75, 3.05) is 0 Å². The molecule has 7 nitrogen and oxygen atoms in total. The van der Waals surface area contributed by atoms with Crippen LogP contribution in [-0.4, -0.2) is 29.6 Å². The Balaban J connectivity index is 1.41. The van der Waals surface area contributed by atoms with Crippen molar-refractivity contribution in [3.05, 3.63) is 156 Å². The molecule has 0 fully saturated rings. The second-order valence-electron chi connectivity index (χ2n) is 13.2. The number of hydrogen-bond acceptors (Lipinski definition) is 5. The molecule has 0 saturated heterocycles. The lowest BCUT2D eigenvalue weighted by molar-refractivity contribution is 0.353. The molecule has 1 unspecified atom stereocenters. The normalized spacial score (nSPS) is 14.1. The summed E-state index contributed by atoms with van der Waals surface area (Å²) in [6, 6.07) is 23.7. The van der Waals surface area contributed by atoms with Crippen molar-refractivity contribution < 1.29 is 20.4 Å². The minimum Gasteiger partial charge on any atom is -0.505 e. The Morgan fingerprint density at radius 2 is 1.65 bits per heavy atom. The lowest BCUT2D eigenvalue weighted by Gasteiger charge is -2.23. The van der Waals surface area contributed by atoms with E-state index in [0.717, 1.165) is 73.9 Å². The van der Waals surface area contributed by atoms with Gasteiger partial charge in [0.2, 0.25) is 5.75 Å². The van der Waals surface area contributed by atoms with E-state index in [4.69, 9.17) is 0 Å². The van der Waals surface area contributed by atoms with Gasteiger partial charge in [0.05, 0.1) is 28.3 Å². The average Bonchev–Trinajstić information content (AvgIpc) is 3.70. The summed E-state index contributed by atoms with van der Waals surface area (Å²) in [5.41, 5.74) is 8.45. The maximum atomic E-state index is 12.1. The molecule has 0 radical (unpaired) electrons. The molecule has 262 valence electrons. The summed E-state index contributed by atoms with van der Waals surface area (Å²) in [5, 5.41) is 51.7. The summed E-state index contributed by atoms with van der Waals surface area (Å²) in [7, 11) is 0. The van der Waals surface area contributed by atoms with Crippen LogP contribution >= 0.6 is 0 Å². The maximum Gasteiger partial charge on any atom is 0.203 e. The smallest absolute Gasteiger partial charge is 0.203 e. The van der Waals surface area contributed by atoms with E-state index in [1.54, 1.807) is 10.6 Å². The molecule has 5 N–H and O–H groups in total. The fourth-order valence-electron chi connectivity index (χ4n) is 7.47. The first-order valence-corrected chi connectivity index (χ1v) is 17.6.